The SMILES string of the molecule is CCn1c(C2CCN(C(=O)Cc3sc(C)nc3C)CC2)nn(C)c1=O. The van der Waals surface area contributed by atoms with E-state index in [0.717, 1.165) is 47.3 Å². The van der Waals surface area contributed by atoms with E-state index in [1.54, 1.807) is 23.0 Å². The van der Waals surface area contributed by atoms with Gasteiger partial charge < -0.3 is 4.90 Å². The highest BCUT2D eigenvalue weighted by atomic mass is 32.1. The highest BCUT2D eigenvalue weighted by Crippen LogP contribution is 2.27. The van der Waals surface area contributed by atoms with Gasteiger partial charge in [-0.2, -0.15) is 5.10 Å². The van der Waals surface area contributed by atoms with E-state index in [-0.39, 0.29) is 17.5 Å². The molecule has 0 saturated carbocycles. The number of hydrogen-bond acceptors (Lipinski definition) is 5. The van der Waals surface area contributed by atoms with E-state index in [9.17, 15) is 9.59 Å². The van der Waals surface area contributed by atoms with E-state index >= 15 is 0 Å². The maximum atomic E-state index is 12.6. The third-order valence-corrected chi connectivity index (χ3v) is 5.95. The van der Waals surface area contributed by atoms with E-state index in [0.29, 0.717) is 13.0 Å². The van der Waals surface area contributed by atoms with Crippen LogP contribution in [0.4, 0.5) is 0 Å². The highest BCUT2D eigenvalue weighted by molar-refractivity contribution is 7.11. The van der Waals surface area contributed by atoms with Gasteiger partial charge in [0, 0.05) is 37.5 Å². The Morgan fingerprint density at radius 1 is 1.28 bits per heavy atom. The summed E-state index contributed by atoms with van der Waals surface area (Å²) in [5.41, 5.74) is 0.901. The summed E-state index contributed by atoms with van der Waals surface area (Å²) < 4.78 is 3.15. The molecule has 0 bridgehead atoms. The maximum Gasteiger partial charge on any atom is 0.345 e. The zero-order valence-corrected chi connectivity index (χ0v) is 16.1. The third-order valence-electron chi connectivity index (χ3n) is 4.88. The average molecular weight is 363 g/mol. The molecule has 3 heterocycles. The first-order chi connectivity index (χ1) is 11.9. The lowest BCUT2D eigenvalue weighted by Crippen LogP contribution is -2.39. The van der Waals surface area contributed by atoms with Gasteiger partial charge in [-0.1, -0.05) is 0 Å². The van der Waals surface area contributed by atoms with E-state index in [1.807, 2.05) is 25.7 Å². The van der Waals surface area contributed by atoms with Crippen molar-refractivity contribution in [2.75, 3.05) is 13.1 Å². The monoisotopic (exact) mass is 363 g/mol. The van der Waals surface area contributed by atoms with Crippen LogP contribution in [0, 0.1) is 13.8 Å². The van der Waals surface area contributed by atoms with Crippen LogP contribution < -0.4 is 5.69 Å². The molecular formula is C17H25N5O2S. The van der Waals surface area contributed by atoms with E-state index < -0.39 is 0 Å². The first-order valence-corrected chi connectivity index (χ1v) is 9.56. The van der Waals surface area contributed by atoms with Crippen molar-refractivity contribution in [1.82, 2.24) is 24.2 Å². The molecule has 1 saturated heterocycles. The maximum absolute atomic E-state index is 12.6. The van der Waals surface area contributed by atoms with Crippen LogP contribution in [-0.2, 0) is 24.8 Å². The molecule has 25 heavy (non-hydrogen) atoms. The van der Waals surface area contributed by atoms with Crippen LogP contribution in [0.25, 0.3) is 0 Å². The number of piperidine rings is 1. The van der Waals surface area contributed by atoms with Crippen molar-refractivity contribution in [2.45, 2.75) is 52.5 Å². The fourth-order valence-electron chi connectivity index (χ4n) is 3.50. The lowest BCUT2D eigenvalue weighted by Gasteiger charge is -2.31. The molecule has 1 aliphatic rings. The molecule has 1 fully saturated rings. The molecule has 3 rings (SSSR count). The number of amides is 1. The number of aromatic nitrogens is 4. The Labute approximate surface area is 151 Å². The number of aryl methyl sites for hydroxylation is 3. The first kappa shape index (κ1) is 17.8. The number of carbonyl (C=O) groups excluding carboxylic acids is 1. The Morgan fingerprint density at radius 2 is 1.96 bits per heavy atom. The fraction of sp³-hybridized carbons (Fsp3) is 0.647. The molecule has 0 N–H and O–H groups in total. The molecular weight excluding hydrogens is 338 g/mol. The second kappa shape index (κ2) is 7.11. The second-order valence-electron chi connectivity index (χ2n) is 6.58. The highest BCUT2D eigenvalue weighted by Gasteiger charge is 2.28. The minimum absolute atomic E-state index is 0.0629. The molecule has 0 spiro atoms. The van der Waals surface area contributed by atoms with Gasteiger partial charge in [0.05, 0.1) is 17.1 Å². The number of rotatable bonds is 4. The predicted octanol–water partition coefficient (Wildman–Crippen LogP) is 1.62. The van der Waals surface area contributed by atoms with Gasteiger partial charge >= 0.3 is 5.69 Å². The zero-order valence-electron chi connectivity index (χ0n) is 15.3. The standard InChI is InChI=1S/C17H25N5O2S/c1-5-22-16(19-20(4)17(22)24)13-6-8-21(9-7-13)15(23)10-14-11(2)18-12(3)25-14/h13H,5-10H2,1-4H3. The van der Waals surface area contributed by atoms with Crippen molar-refractivity contribution in [3.8, 4) is 0 Å². The summed E-state index contributed by atoms with van der Waals surface area (Å²) in [5.74, 6) is 1.26. The lowest BCUT2D eigenvalue weighted by molar-refractivity contribution is -0.131. The lowest BCUT2D eigenvalue weighted by atomic mass is 9.95. The number of nitrogens with zero attached hydrogens (tertiary/aromatic N) is 5. The molecule has 0 aliphatic carbocycles. The van der Waals surface area contributed by atoms with Crippen molar-refractivity contribution in [2.24, 2.45) is 7.05 Å². The van der Waals surface area contributed by atoms with Crippen molar-refractivity contribution < 1.29 is 4.79 Å². The smallest absolute Gasteiger partial charge is 0.342 e. The van der Waals surface area contributed by atoms with Crippen molar-refractivity contribution >= 4 is 17.2 Å². The molecule has 1 aliphatic heterocycles. The topological polar surface area (TPSA) is 73.0 Å². The molecule has 1 amide bonds. The first-order valence-electron chi connectivity index (χ1n) is 8.75. The van der Waals surface area contributed by atoms with Crippen LogP contribution >= 0.6 is 11.3 Å². The summed E-state index contributed by atoms with van der Waals surface area (Å²) in [6, 6.07) is 0. The largest absolute Gasteiger partial charge is 0.345 e. The van der Waals surface area contributed by atoms with E-state index in [1.165, 1.54) is 4.68 Å². The Balaban J connectivity index is 1.64. The number of carbonyl (C=O) groups is 1. The molecule has 2 aromatic heterocycles. The van der Waals surface area contributed by atoms with Crippen molar-refractivity contribution in [1.29, 1.82) is 0 Å². The Kier molecular flexibility index (Phi) is 5.08. The molecule has 136 valence electrons. The number of likely N-dealkylation sites (tertiary alicyclic amines) is 1. The molecule has 7 nitrogen and oxygen atoms in total. The summed E-state index contributed by atoms with van der Waals surface area (Å²) in [4.78, 5) is 32.0. The normalized spacial score (nSPS) is 15.8. The molecule has 0 atom stereocenters. The van der Waals surface area contributed by atoms with Gasteiger partial charge in [-0.25, -0.2) is 14.5 Å². The Morgan fingerprint density at radius 3 is 2.52 bits per heavy atom. The van der Waals surface area contributed by atoms with Crippen LogP contribution in [0.15, 0.2) is 4.79 Å². The summed E-state index contributed by atoms with van der Waals surface area (Å²) in [7, 11) is 1.69. The molecule has 8 heteroatoms. The Bertz CT molecular complexity index is 827. The molecule has 0 unspecified atom stereocenters. The van der Waals surface area contributed by atoms with E-state index in [4.69, 9.17) is 0 Å². The van der Waals surface area contributed by atoms with Gasteiger partial charge in [-0.15, -0.1) is 11.3 Å². The summed E-state index contributed by atoms with van der Waals surface area (Å²) in [5, 5.41) is 5.42. The predicted molar refractivity (Wildman–Crippen MR) is 97.0 cm³/mol. The van der Waals surface area contributed by atoms with Crippen LogP contribution in [0.5, 0.6) is 0 Å². The molecule has 0 aromatic carbocycles. The van der Waals surface area contributed by atoms with Gasteiger partial charge in [0.2, 0.25) is 5.91 Å². The quantitative estimate of drug-likeness (QED) is 0.827. The zero-order chi connectivity index (χ0) is 18.1. The minimum atomic E-state index is -0.0629. The van der Waals surface area contributed by atoms with Crippen LogP contribution in [-0.4, -0.2) is 43.2 Å². The van der Waals surface area contributed by atoms with Gasteiger partial charge in [0.25, 0.3) is 0 Å². The van der Waals surface area contributed by atoms with Gasteiger partial charge in [0.1, 0.15) is 5.82 Å². The van der Waals surface area contributed by atoms with Gasteiger partial charge in [-0.05, 0) is 33.6 Å². The van der Waals surface area contributed by atoms with Crippen molar-refractivity contribution in [3.05, 3.63) is 31.9 Å². The minimum Gasteiger partial charge on any atom is -0.342 e. The van der Waals surface area contributed by atoms with Gasteiger partial charge in [0.15, 0.2) is 0 Å². The summed E-state index contributed by atoms with van der Waals surface area (Å²) in [6.45, 7) is 7.96. The number of thiazole rings is 1. The van der Waals surface area contributed by atoms with Crippen molar-refractivity contribution in [3.63, 3.8) is 0 Å². The fourth-order valence-corrected chi connectivity index (χ4v) is 4.42. The average Bonchev–Trinajstić information content (AvgIpc) is 3.06. The van der Waals surface area contributed by atoms with Crippen LogP contribution in [0.3, 0.4) is 0 Å². The number of hydrogen-bond donors (Lipinski definition) is 0. The van der Waals surface area contributed by atoms with Crippen LogP contribution in [0.2, 0.25) is 0 Å². The summed E-state index contributed by atoms with van der Waals surface area (Å²) >= 11 is 1.60. The van der Waals surface area contributed by atoms with E-state index in [2.05, 4.69) is 10.1 Å². The van der Waals surface area contributed by atoms with Crippen LogP contribution in [0.1, 0.15) is 47.1 Å². The Hall–Kier alpha value is -1.96. The third kappa shape index (κ3) is 3.53. The summed E-state index contributed by atoms with van der Waals surface area (Å²) in [6.07, 6.45) is 2.14. The second-order valence-corrected chi connectivity index (χ2v) is 7.87. The van der Waals surface area contributed by atoms with Gasteiger partial charge in [-0.3, -0.25) is 9.36 Å². The molecule has 0 radical (unpaired) electrons. The molecule has 2 aromatic rings.